The Hall–Kier alpha value is -0.780. The first-order valence-corrected chi connectivity index (χ1v) is 6.68. The average Bonchev–Trinajstić information content (AvgIpc) is 2.26. The van der Waals surface area contributed by atoms with Crippen LogP contribution in [-0.4, -0.2) is 16.5 Å². The predicted molar refractivity (Wildman–Crippen MR) is 65.5 cm³/mol. The second kappa shape index (κ2) is 5.69. The number of nitrogen functional groups attached to an aromatic ring is 1. The van der Waals surface area contributed by atoms with Crippen molar-refractivity contribution in [2.75, 3.05) is 5.73 Å². The van der Waals surface area contributed by atoms with Crippen molar-refractivity contribution in [3.8, 4) is 0 Å². The van der Waals surface area contributed by atoms with Crippen LogP contribution in [0.2, 0.25) is 0 Å². The SMILES string of the molecule is Nc1ccc(C(F)(C(F)(F)F)C(F)(F)Br)cc1SC(F)(F)F. The van der Waals surface area contributed by atoms with E-state index in [-0.39, 0.29) is 12.1 Å². The summed E-state index contributed by atoms with van der Waals surface area (Å²) in [6.45, 7) is 0. The summed E-state index contributed by atoms with van der Waals surface area (Å²) in [6.07, 6.45) is -6.09. The summed E-state index contributed by atoms with van der Waals surface area (Å²) in [4.78, 5) is -6.12. The van der Waals surface area contributed by atoms with Crippen LogP contribution in [0, 0.1) is 0 Å². The largest absolute Gasteiger partial charge is 0.446 e. The van der Waals surface area contributed by atoms with Crippen LogP contribution in [0.5, 0.6) is 0 Å². The van der Waals surface area contributed by atoms with Crippen LogP contribution < -0.4 is 5.73 Å². The van der Waals surface area contributed by atoms with E-state index in [1.165, 1.54) is 15.9 Å². The smallest absolute Gasteiger partial charge is 0.398 e. The van der Waals surface area contributed by atoms with Gasteiger partial charge in [0.15, 0.2) is 0 Å². The molecular weight excluding hydrogens is 417 g/mol. The Bertz CT molecular complexity index is 535. The third kappa shape index (κ3) is 3.76. The average molecular weight is 422 g/mol. The zero-order valence-corrected chi connectivity index (χ0v) is 12.4. The zero-order valence-electron chi connectivity index (χ0n) is 10.00. The van der Waals surface area contributed by atoms with Crippen LogP contribution >= 0.6 is 27.7 Å². The van der Waals surface area contributed by atoms with Gasteiger partial charge in [-0.05, 0) is 39.8 Å². The van der Waals surface area contributed by atoms with Gasteiger partial charge < -0.3 is 5.73 Å². The zero-order chi connectivity index (χ0) is 17.6. The van der Waals surface area contributed by atoms with Crippen molar-refractivity contribution in [3.05, 3.63) is 23.8 Å². The first-order valence-electron chi connectivity index (χ1n) is 5.07. The summed E-state index contributed by atoms with van der Waals surface area (Å²) >= 11 is 0.349. The van der Waals surface area contributed by atoms with E-state index in [2.05, 4.69) is 0 Å². The number of benzene rings is 1. The molecule has 0 heterocycles. The van der Waals surface area contributed by atoms with E-state index in [9.17, 15) is 39.5 Å². The highest BCUT2D eigenvalue weighted by Gasteiger charge is 2.71. The summed E-state index contributed by atoms with van der Waals surface area (Å²) in [5.74, 6) is 0. The second-order valence-electron chi connectivity index (χ2n) is 3.95. The van der Waals surface area contributed by atoms with Crippen LogP contribution in [0.25, 0.3) is 0 Å². The molecule has 1 aromatic rings. The van der Waals surface area contributed by atoms with Gasteiger partial charge in [0.05, 0.1) is 0 Å². The number of hydrogen-bond donors (Lipinski definition) is 1. The van der Waals surface area contributed by atoms with Crippen molar-refractivity contribution in [2.24, 2.45) is 0 Å². The minimum atomic E-state index is -6.09. The number of nitrogens with two attached hydrogens (primary N) is 1. The molecule has 0 saturated carbocycles. The summed E-state index contributed by atoms with van der Waals surface area (Å²) < 4.78 is 115. The maximum atomic E-state index is 14.0. The third-order valence-electron chi connectivity index (χ3n) is 2.42. The van der Waals surface area contributed by atoms with E-state index in [0.717, 1.165) is 0 Å². The Kier molecular flexibility index (Phi) is 4.99. The Morgan fingerprint density at radius 1 is 0.909 bits per heavy atom. The molecule has 126 valence electrons. The lowest BCUT2D eigenvalue weighted by molar-refractivity contribution is -0.282. The highest BCUT2D eigenvalue weighted by molar-refractivity contribution is 9.10. The van der Waals surface area contributed by atoms with Crippen molar-refractivity contribution in [1.82, 2.24) is 0 Å². The van der Waals surface area contributed by atoms with E-state index in [1.807, 2.05) is 0 Å². The molecule has 0 fully saturated rings. The topological polar surface area (TPSA) is 26.0 Å². The number of hydrogen-bond acceptors (Lipinski definition) is 2. The van der Waals surface area contributed by atoms with Gasteiger partial charge in [-0.2, -0.15) is 35.1 Å². The molecule has 0 aliphatic carbocycles. The maximum absolute atomic E-state index is 14.0. The summed E-state index contributed by atoms with van der Waals surface area (Å²) in [6, 6.07) is 0.733. The molecule has 0 aromatic heterocycles. The predicted octanol–water partition coefficient (Wildman–Crippen LogP) is 5.60. The third-order valence-corrected chi connectivity index (χ3v) is 3.77. The van der Waals surface area contributed by atoms with Crippen molar-refractivity contribution in [3.63, 3.8) is 0 Å². The molecule has 1 unspecified atom stereocenters. The number of thioether (sulfide) groups is 1. The number of rotatable bonds is 3. The van der Waals surface area contributed by atoms with E-state index in [0.29, 0.717) is 6.07 Å². The molecule has 0 aliphatic heterocycles. The first-order chi connectivity index (χ1) is 9.59. The standard InChI is InChI=1S/C10H5BrF9NS/c11-8(13,14)7(12,9(15,16)17)4-1-2-5(21)6(3-4)22-10(18,19)20/h1-3H,21H2. The Balaban J connectivity index is 3.50. The molecule has 2 N–H and O–H groups in total. The minimum absolute atomic E-state index is 0.00382. The van der Waals surface area contributed by atoms with Gasteiger partial charge in [-0.3, -0.25) is 0 Å². The minimum Gasteiger partial charge on any atom is -0.398 e. The van der Waals surface area contributed by atoms with Crippen LogP contribution in [-0.2, 0) is 5.67 Å². The van der Waals surface area contributed by atoms with Crippen LogP contribution in [0.15, 0.2) is 23.1 Å². The van der Waals surface area contributed by atoms with Crippen molar-refractivity contribution in [2.45, 2.75) is 27.1 Å². The van der Waals surface area contributed by atoms with E-state index in [4.69, 9.17) is 5.73 Å². The number of anilines is 1. The highest BCUT2D eigenvalue weighted by atomic mass is 79.9. The van der Waals surface area contributed by atoms with Crippen LogP contribution in [0.1, 0.15) is 5.56 Å². The van der Waals surface area contributed by atoms with E-state index < -0.39 is 50.1 Å². The molecule has 12 heteroatoms. The number of alkyl halides is 10. The van der Waals surface area contributed by atoms with Gasteiger partial charge in [0, 0.05) is 16.1 Å². The lowest BCUT2D eigenvalue weighted by Gasteiger charge is -2.32. The lowest BCUT2D eigenvalue weighted by Crippen LogP contribution is -2.49. The first kappa shape index (κ1) is 19.3. The van der Waals surface area contributed by atoms with Gasteiger partial charge in [-0.25, -0.2) is 4.39 Å². The molecule has 0 bridgehead atoms. The molecule has 0 aliphatic rings. The van der Waals surface area contributed by atoms with Crippen molar-refractivity contribution >= 4 is 33.4 Å². The Morgan fingerprint density at radius 3 is 1.77 bits per heavy atom. The molecule has 1 atom stereocenters. The molecule has 1 aromatic carbocycles. The maximum Gasteiger partial charge on any atom is 0.446 e. The van der Waals surface area contributed by atoms with Gasteiger partial charge in [-0.15, -0.1) is 0 Å². The molecular formula is C10H5BrF9NS. The fraction of sp³-hybridized carbons (Fsp3) is 0.400. The molecule has 0 saturated heterocycles. The highest BCUT2D eigenvalue weighted by Crippen LogP contribution is 2.56. The van der Waals surface area contributed by atoms with Gasteiger partial charge >= 0.3 is 22.2 Å². The fourth-order valence-corrected chi connectivity index (χ4v) is 2.52. The van der Waals surface area contributed by atoms with Crippen LogP contribution in [0.4, 0.5) is 45.2 Å². The monoisotopic (exact) mass is 421 g/mol. The van der Waals surface area contributed by atoms with Gasteiger partial charge in [0.1, 0.15) is 0 Å². The Morgan fingerprint density at radius 2 is 1.41 bits per heavy atom. The van der Waals surface area contributed by atoms with Crippen molar-refractivity contribution < 1.29 is 39.5 Å². The van der Waals surface area contributed by atoms with Gasteiger partial charge in [0.25, 0.3) is 0 Å². The molecule has 0 spiro atoms. The normalized spacial score (nSPS) is 16.5. The lowest BCUT2D eigenvalue weighted by atomic mass is 9.95. The molecule has 1 nitrogen and oxygen atoms in total. The second-order valence-corrected chi connectivity index (χ2v) is 6.06. The molecule has 22 heavy (non-hydrogen) atoms. The summed E-state index contributed by atoms with van der Waals surface area (Å²) in [7, 11) is 0. The molecule has 0 radical (unpaired) electrons. The summed E-state index contributed by atoms with van der Waals surface area (Å²) in [5.41, 5.74) is -7.37. The summed E-state index contributed by atoms with van der Waals surface area (Å²) in [5, 5.41) is 0. The van der Waals surface area contributed by atoms with E-state index >= 15 is 0 Å². The van der Waals surface area contributed by atoms with Crippen molar-refractivity contribution in [1.29, 1.82) is 0 Å². The van der Waals surface area contributed by atoms with Crippen LogP contribution in [0.3, 0.4) is 0 Å². The fourth-order valence-electron chi connectivity index (χ4n) is 1.45. The number of halogens is 10. The van der Waals surface area contributed by atoms with Gasteiger partial charge in [0.2, 0.25) is 0 Å². The quantitative estimate of drug-likeness (QED) is 0.297. The van der Waals surface area contributed by atoms with E-state index in [1.54, 1.807) is 0 Å². The van der Waals surface area contributed by atoms with Gasteiger partial charge in [-0.1, -0.05) is 6.07 Å². The molecule has 1 rings (SSSR count). The Labute approximate surface area is 130 Å². The molecule has 0 amide bonds.